The van der Waals surface area contributed by atoms with Crippen LogP contribution in [0.25, 0.3) is 0 Å². The largest absolute Gasteiger partial charge is 0.480 e. The summed E-state index contributed by atoms with van der Waals surface area (Å²) in [5, 5.41) is 11.7. The Morgan fingerprint density at radius 3 is 2.50 bits per heavy atom. The third kappa shape index (κ3) is 5.38. The smallest absolute Gasteiger partial charge is 0.326 e. The van der Waals surface area contributed by atoms with Crippen molar-refractivity contribution in [3.8, 4) is 0 Å². The molecule has 0 aliphatic carbocycles. The van der Waals surface area contributed by atoms with Gasteiger partial charge in [-0.15, -0.1) is 0 Å². The highest BCUT2D eigenvalue weighted by Gasteiger charge is 2.21. The number of carboxylic acid groups (broad SMARTS) is 1. The van der Waals surface area contributed by atoms with Gasteiger partial charge in [-0.2, -0.15) is 0 Å². The van der Waals surface area contributed by atoms with Gasteiger partial charge in [0, 0.05) is 20.1 Å². The monoisotopic (exact) mass is 280 g/mol. The van der Waals surface area contributed by atoms with Crippen LogP contribution in [0.1, 0.15) is 12.0 Å². The minimum atomic E-state index is -1.07. The number of amides is 1. The van der Waals surface area contributed by atoms with E-state index < -0.39 is 18.1 Å². The number of hydrogen-bond acceptors (Lipinski definition) is 4. The summed E-state index contributed by atoms with van der Waals surface area (Å²) in [4.78, 5) is 23.0. The van der Waals surface area contributed by atoms with Gasteiger partial charge in [0.25, 0.3) is 0 Å². The molecular formula is C14H20N2O4. The number of rotatable bonds is 8. The second kappa shape index (κ2) is 8.29. The van der Waals surface area contributed by atoms with E-state index in [2.05, 4.69) is 5.32 Å². The molecule has 2 unspecified atom stereocenters. The molecule has 2 atom stereocenters. The Kier molecular flexibility index (Phi) is 6.69. The first-order valence-corrected chi connectivity index (χ1v) is 6.35. The molecule has 1 aromatic rings. The highest BCUT2D eigenvalue weighted by molar-refractivity contribution is 5.84. The van der Waals surface area contributed by atoms with Crippen molar-refractivity contribution >= 4 is 11.9 Å². The van der Waals surface area contributed by atoms with Crippen molar-refractivity contribution in [2.24, 2.45) is 5.73 Å². The summed E-state index contributed by atoms with van der Waals surface area (Å²) < 4.78 is 5.00. The molecule has 1 aromatic carbocycles. The fourth-order valence-electron chi connectivity index (χ4n) is 1.77. The summed E-state index contributed by atoms with van der Waals surface area (Å²) in [6, 6.07) is 8.18. The van der Waals surface area contributed by atoms with Crippen LogP contribution in [-0.4, -0.2) is 42.8 Å². The maximum absolute atomic E-state index is 11.8. The second-order valence-electron chi connectivity index (χ2n) is 4.45. The lowest BCUT2D eigenvalue weighted by molar-refractivity contribution is -0.142. The Morgan fingerprint density at radius 1 is 1.35 bits per heavy atom. The van der Waals surface area contributed by atoms with Crippen molar-refractivity contribution in [2.45, 2.75) is 25.0 Å². The van der Waals surface area contributed by atoms with Crippen molar-refractivity contribution in [2.75, 3.05) is 13.7 Å². The standard InChI is InChI=1S/C14H20N2O4/c1-20-11(9-15)8-13(17)16-12(14(18)19)7-10-5-3-2-4-6-10/h2-6,11-12H,7-9,15H2,1H3,(H,16,17)(H,18,19). The normalized spacial score (nSPS) is 13.5. The summed E-state index contributed by atoms with van der Waals surface area (Å²) in [5.41, 5.74) is 6.27. The van der Waals surface area contributed by atoms with Crippen LogP contribution in [0.3, 0.4) is 0 Å². The Morgan fingerprint density at radius 2 is 2.00 bits per heavy atom. The van der Waals surface area contributed by atoms with Crippen molar-refractivity contribution < 1.29 is 19.4 Å². The lowest BCUT2D eigenvalue weighted by atomic mass is 10.1. The predicted molar refractivity (Wildman–Crippen MR) is 74.2 cm³/mol. The molecule has 6 heteroatoms. The van der Waals surface area contributed by atoms with Gasteiger partial charge in [-0.25, -0.2) is 4.79 Å². The molecule has 1 amide bonds. The van der Waals surface area contributed by atoms with Crippen LogP contribution < -0.4 is 11.1 Å². The van der Waals surface area contributed by atoms with Gasteiger partial charge >= 0.3 is 5.97 Å². The molecule has 0 saturated carbocycles. The number of carboxylic acids is 1. The van der Waals surface area contributed by atoms with Gasteiger partial charge in [0.15, 0.2) is 0 Å². The molecule has 0 spiro atoms. The van der Waals surface area contributed by atoms with Crippen molar-refractivity contribution in [3.05, 3.63) is 35.9 Å². The molecule has 0 fully saturated rings. The number of aliphatic carboxylic acids is 1. The van der Waals surface area contributed by atoms with Crippen molar-refractivity contribution in [3.63, 3.8) is 0 Å². The third-order valence-corrected chi connectivity index (χ3v) is 2.93. The van der Waals surface area contributed by atoms with Crippen LogP contribution in [0, 0.1) is 0 Å². The first kappa shape index (κ1) is 16.1. The van der Waals surface area contributed by atoms with Crippen LogP contribution in [0.15, 0.2) is 30.3 Å². The van der Waals surface area contributed by atoms with E-state index in [0.29, 0.717) is 0 Å². The van der Waals surface area contributed by atoms with Gasteiger partial charge < -0.3 is 20.9 Å². The van der Waals surface area contributed by atoms with E-state index in [1.807, 2.05) is 30.3 Å². The lowest BCUT2D eigenvalue weighted by Gasteiger charge is -2.17. The average molecular weight is 280 g/mol. The molecule has 0 saturated heterocycles. The summed E-state index contributed by atoms with van der Waals surface area (Å²) in [6.07, 6.45) is -0.116. The number of carbonyl (C=O) groups is 2. The average Bonchev–Trinajstić information content (AvgIpc) is 2.45. The van der Waals surface area contributed by atoms with Gasteiger partial charge in [-0.05, 0) is 5.56 Å². The minimum absolute atomic E-state index is 0.0472. The zero-order valence-electron chi connectivity index (χ0n) is 11.4. The van der Waals surface area contributed by atoms with Crippen LogP contribution in [0.4, 0.5) is 0 Å². The van der Waals surface area contributed by atoms with E-state index in [-0.39, 0.29) is 25.3 Å². The molecule has 110 valence electrons. The van der Waals surface area contributed by atoms with E-state index in [1.54, 1.807) is 0 Å². The minimum Gasteiger partial charge on any atom is -0.480 e. The molecule has 0 aromatic heterocycles. The SMILES string of the molecule is COC(CN)CC(=O)NC(Cc1ccccc1)C(=O)O. The number of carbonyl (C=O) groups excluding carboxylic acids is 1. The Balaban J connectivity index is 2.59. The van der Waals surface area contributed by atoms with Gasteiger partial charge in [-0.3, -0.25) is 4.79 Å². The molecule has 0 bridgehead atoms. The number of benzene rings is 1. The molecule has 1 rings (SSSR count). The predicted octanol–water partition coefficient (Wildman–Crippen LogP) is 0.162. The van der Waals surface area contributed by atoms with Gasteiger partial charge in [-0.1, -0.05) is 30.3 Å². The first-order chi connectivity index (χ1) is 9.56. The van der Waals surface area contributed by atoms with E-state index >= 15 is 0 Å². The summed E-state index contributed by atoms with van der Waals surface area (Å²) >= 11 is 0. The molecule has 6 nitrogen and oxygen atoms in total. The molecule has 0 heterocycles. The maximum Gasteiger partial charge on any atom is 0.326 e. The zero-order chi connectivity index (χ0) is 15.0. The number of hydrogen-bond donors (Lipinski definition) is 3. The van der Waals surface area contributed by atoms with Crippen LogP contribution in [0.5, 0.6) is 0 Å². The van der Waals surface area contributed by atoms with Crippen molar-refractivity contribution in [1.29, 1.82) is 0 Å². The van der Waals surface area contributed by atoms with Gasteiger partial charge in [0.1, 0.15) is 6.04 Å². The van der Waals surface area contributed by atoms with Gasteiger partial charge in [0.2, 0.25) is 5.91 Å². The molecule has 0 aliphatic heterocycles. The van der Waals surface area contributed by atoms with Crippen LogP contribution >= 0.6 is 0 Å². The van der Waals surface area contributed by atoms with E-state index in [1.165, 1.54) is 7.11 Å². The highest BCUT2D eigenvalue weighted by atomic mass is 16.5. The van der Waals surface area contributed by atoms with Crippen molar-refractivity contribution in [1.82, 2.24) is 5.32 Å². The number of nitrogens with one attached hydrogen (secondary N) is 1. The fourth-order valence-corrected chi connectivity index (χ4v) is 1.77. The van der Waals surface area contributed by atoms with Crippen LogP contribution in [0.2, 0.25) is 0 Å². The fraction of sp³-hybridized carbons (Fsp3) is 0.429. The first-order valence-electron chi connectivity index (χ1n) is 6.35. The maximum atomic E-state index is 11.8. The number of methoxy groups -OCH3 is 1. The second-order valence-corrected chi connectivity index (χ2v) is 4.45. The molecular weight excluding hydrogens is 260 g/mol. The summed E-state index contributed by atoms with van der Waals surface area (Å²) in [6.45, 7) is 0.209. The Labute approximate surface area is 117 Å². The lowest BCUT2D eigenvalue weighted by Crippen LogP contribution is -2.44. The summed E-state index contributed by atoms with van der Waals surface area (Å²) in [5.74, 6) is -1.45. The van der Waals surface area contributed by atoms with E-state index in [0.717, 1.165) is 5.56 Å². The molecule has 0 radical (unpaired) electrons. The van der Waals surface area contributed by atoms with Gasteiger partial charge in [0.05, 0.1) is 12.5 Å². The zero-order valence-corrected chi connectivity index (χ0v) is 11.4. The van der Waals surface area contributed by atoms with E-state index in [4.69, 9.17) is 15.6 Å². The number of nitrogens with two attached hydrogens (primary N) is 1. The Bertz CT molecular complexity index is 432. The molecule has 4 N–H and O–H groups in total. The topological polar surface area (TPSA) is 102 Å². The summed E-state index contributed by atoms with van der Waals surface area (Å²) in [7, 11) is 1.46. The van der Waals surface area contributed by atoms with Crippen LogP contribution in [-0.2, 0) is 20.7 Å². The molecule has 20 heavy (non-hydrogen) atoms. The molecule has 0 aliphatic rings. The quantitative estimate of drug-likeness (QED) is 0.629. The number of ether oxygens (including phenoxy) is 1. The third-order valence-electron chi connectivity index (χ3n) is 2.93. The highest BCUT2D eigenvalue weighted by Crippen LogP contribution is 2.04. The Hall–Kier alpha value is -1.92. The van der Waals surface area contributed by atoms with E-state index in [9.17, 15) is 9.59 Å².